The molecule has 0 radical (unpaired) electrons. The van der Waals surface area contributed by atoms with Crippen LogP contribution in [-0.2, 0) is 4.79 Å². The molecule has 10 heavy (non-hydrogen) atoms. The van der Waals surface area contributed by atoms with Crippen LogP contribution in [0.15, 0.2) is 11.7 Å². The van der Waals surface area contributed by atoms with E-state index < -0.39 is 11.9 Å². The van der Waals surface area contributed by atoms with Gasteiger partial charge in [-0.25, -0.2) is 0 Å². The molecule has 1 heterocycles. The molecule has 0 bridgehead atoms. The molecule has 1 amide bonds. The van der Waals surface area contributed by atoms with Crippen molar-refractivity contribution >= 4 is 17.2 Å². The average molecular weight is 157 g/mol. The Kier molecular flexibility index (Phi) is 1.98. The summed E-state index contributed by atoms with van der Waals surface area (Å²) >= 11 is 1.32. The minimum atomic E-state index is -0.701. The lowest BCUT2D eigenvalue weighted by molar-refractivity contribution is -0.119. The van der Waals surface area contributed by atoms with E-state index in [9.17, 15) is 4.79 Å². The molecule has 5 heteroatoms. The highest BCUT2D eigenvalue weighted by Gasteiger charge is 2.12. The molecule has 0 aliphatic rings. The van der Waals surface area contributed by atoms with Crippen LogP contribution < -0.4 is 11.5 Å². The summed E-state index contributed by atoms with van der Waals surface area (Å²) in [5.41, 5.74) is 11.9. The van der Waals surface area contributed by atoms with E-state index in [0.717, 1.165) is 0 Å². The second-order valence-electron chi connectivity index (χ2n) is 1.78. The number of nitrogens with zero attached hydrogens (tertiary/aromatic N) is 1. The first kappa shape index (κ1) is 7.17. The van der Waals surface area contributed by atoms with Crippen molar-refractivity contribution in [2.75, 3.05) is 0 Å². The topological polar surface area (TPSA) is 82.0 Å². The zero-order valence-corrected chi connectivity index (χ0v) is 5.97. The highest BCUT2D eigenvalue weighted by atomic mass is 32.1. The average Bonchev–Trinajstić information content (AvgIpc) is 2.36. The molecule has 1 unspecified atom stereocenters. The number of amides is 1. The van der Waals surface area contributed by atoms with E-state index in [1.54, 1.807) is 11.7 Å². The van der Waals surface area contributed by atoms with Crippen LogP contribution >= 0.6 is 11.3 Å². The van der Waals surface area contributed by atoms with Gasteiger partial charge in [0.1, 0.15) is 6.04 Å². The predicted molar refractivity (Wildman–Crippen MR) is 38.2 cm³/mol. The summed E-state index contributed by atoms with van der Waals surface area (Å²) in [6.45, 7) is 0. The summed E-state index contributed by atoms with van der Waals surface area (Å²) < 4.78 is 0. The van der Waals surface area contributed by atoms with Gasteiger partial charge in [0.2, 0.25) is 5.91 Å². The summed E-state index contributed by atoms with van der Waals surface area (Å²) in [6, 6.07) is -0.701. The first-order valence-electron chi connectivity index (χ1n) is 2.65. The zero-order chi connectivity index (χ0) is 7.56. The van der Waals surface area contributed by atoms with Crippen LogP contribution in [0, 0.1) is 0 Å². The van der Waals surface area contributed by atoms with Crippen molar-refractivity contribution in [3.63, 3.8) is 0 Å². The number of primary amides is 1. The summed E-state index contributed by atoms with van der Waals surface area (Å²) in [4.78, 5) is 14.9. The summed E-state index contributed by atoms with van der Waals surface area (Å²) in [6.07, 6.45) is 1.54. The van der Waals surface area contributed by atoms with Crippen molar-refractivity contribution in [1.29, 1.82) is 0 Å². The predicted octanol–water partition coefficient (Wildman–Crippen LogP) is -0.372. The van der Waals surface area contributed by atoms with Gasteiger partial charge in [0.15, 0.2) is 0 Å². The Morgan fingerprint density at radius 2 is 2.50 bits per heavy atom. The molecular weight excluding hydrogens is 150 g/mol. The largest absolute Gasteiger partial charge is 0.368 e. The van der Waals surface area contributed by atoms with Gasteiger partial charge in [0.05, 0.1) is 10.4 Å². The monoisotopic (exact) mass is 157 g/mol. The number of carbonyl (C=O) groups excluding carboxylic acids is 1. The van der Waals surface area contributed by atoms with E-state index in [1.807, 2.05) is 0 Å². The fourth-order valence-corrected chi connectivity index (χ4v) is 1.15. The van der Waals surface area contributed by atoms with Gasteiger partial charge >= 0.3 is 0 Å². The van der Waals surface area contributed by atoms with Crippen LogP contribution in [0.5, 0.6) is 0 Å². The molecule has 0 aliphatic heterocycles. The Bertz CT molecular complexity index is 221. The number of nitrogens with two attached hydrogens (primary N) is 2. The molecule has 4 N–H and O–H groups in total. The summed E-state index contributed by atoms with van der Waals surface area (Å²) in [5.74, 6) is -0.524. The van der Waals surface area contributed by atoms with E-state index in [1.165, 1.54) is 11.3 Å². The van der Waals surface area contributed by atoms with E-state index in [2.05, 4.69) is 4.98 Å². The molecule has 0 aliphatic carbocycles. The lowest BCUT2D eigenvalue weighted by Crippen LogP contribution is -2.27. The maximum Gasteiger partial charge on any atom is 0.239 e. The zero-order valence-electron chi connectivity index (χ0n) is 5.15. The second kappa shape index (κ2) is 2.76. The first-order chi connectivity index (χ1) is 4.72. The lowest BCUT2D eigenvalue weighted by Gasteiger charge is -2.00. The molecule has 0 aromatic carbocycles. The van der Waals surface area contributed by atoms with Crippen molar-refractivity contribution in [3.8, 4) is 0 Å². The molecule has 1 aromatic rings. The van der Waals surface area contributed by atoms with Crippen LogP contribution in [0.2, 0.25) is 0 Å². The molecule has 1 atom stereocenters. The van der Waals surface area contributed by atoms with Gasteiger partial charge in [-0.3, -0.25) is 9.78 Å². The van der Waals surface area contributed by atoms with Gasteiger partial charge in [-0.05, 0) is 0 Å². The molecule has 1 aromatic heterocycles. The molecule has 0 saturated heterocycles. The quantitative estimate of drug-likeness (QED) is 0.614. The standard InChI is InChI=1S/C5H7N3OS/c6-4(5(7)9)3-1-8-2-10-3/h1-2,4H,6H2,(H2,7,9). The Morgan fingerprint density at radius 3 is 2.90 bits per heavy atom. The normalized spacial score (nSPS) is 12.9. The Labute approximate surface area is 61.9 Å². The Morgan fingerprint density at radius 1 is 1.80 bits per heavy atom. The van der Waals surface area contributed by atoms with Crippen LogP contribution in [0.3, 0.4) is 0 Å². The number of carbonyl (C=O) groups is 1. The first-order valence-corrected chi connectivity index (χ1v) is 3.53. The van der Waals surface area contributed by atoms with Crippen LogP contribution in [0.25, 0.3) is 0 Å². The smallest absolute Gasteiger partial charge is 0.239 e. The molecule has 4 nitrogen and oxygen atoms in total. The van der Waals surface area contributed by atoms with E-state index in [-0.39, 0.29) is 0 Å². The molecule has 0 fully saturated rings. The summed E-state index contributed by atoms with van der Waals surface area (Å²) in [5, 5.41) is 0. The molecule has 0 saturated carbocycles. The van der Waals surface area contributed by atoms with Gasteiger partial charge in [-0.15, -0.1) is 11.3 Å². The van der Waals surface area contributed by atoms with Crippen molar-refractivity contribution in [1.82, 2.24) is 4.98 Å². The number of rotatable bonds is 2. The van der Waals surface area contributed by atoms with Crippen molar-refractivity contribution in [2.45, 2.75) is 6.04 Å². The van der Waals surface area contributed by atoms with Gasteiger partial charge in [0.25, 0.3) is 0 Å². The third-order valence-corrected chi connectivity index (χ3v) is 1.92. The number of hydrogen-bond acceptors (Lipinski definition) is 4. The fourth-order valence-electron chi connectivity index (χ4n) is 0.519. The van der Waals surface area contributed by atoms with Gasteiger partial charge in [-0.1, -0.05) is 0 Å². The molecular formula is C5H7N3OS. The molecule has 54 valence electrons. The SMILES string of the molecule is NC(=O)C(N)c1cncs1. The van der Waals surface area contributed by atoms with Crippen LogP contribution in [0.1, 0.15) is 10.9 Å². The summed E-state index contributed by atoms with van der Waals surface area (Å²) in [7, 11) is 0. The van der Waals surface area contributed by atoms with E-state index in [0.29, 0.717) is 4.88 Å². The maximum absolute atomic E-state index is 10.5. The van der Waals surface area contributed by atoms with E-state index in [4.69, 9.17) is 11.5 Å². The molecule has 0 spiro atoms. The third kappa shape index (κ3) is 1.31. The number of aromatic nitrogens is 1. The van der Waals surface area contributed by atoms with E-state index >= 15 is 0 Å². The van der Waals surface area contributed by atoms with Crippen LogP contribution in [0.4, 0.5) is 0 Å². The van der Waals surface area contributed by atoms with Crippen LogP contribution in [-0.4, -0.2) is 10.9 Å². The Balaban J connectivity index is 2.77. The highest BCUT2D eigenvalue weighted by Crippen LogP contribution is 2.13. The lowest BCUT2D eigenvalue weighted by atomic mass is 10.3. The number of hydrogen-bond donors (Lipinski definition) is 2. The highest BCUT2D eigenvalue weighted by molar-refractivity contribution is 7.09. The van der Waals surface area contributed by atoms with Crippen molar-refractivity contribution < 1.29 is 4.79 Å². The maximum atomic E-state index is 10.5. The third-order valence-electron chi connectivity index (χ3n) is 1.06. The minimum Gasteiger partial charge on any atom is -0.368 e. The van der Waals surface area contributed by atoms with Gasteiger partial charge < -0.3 is 11.5 Å². The van der Waals surface area contributed by atoms with Crippen molar-refractivity contribution in [3.05, 3.63) is 16.6 Å². The fraction of sp³-hybridized carbons (Fsp3) is 0.200. The minimum absolute atomic E-state index is 0.524. The van der Waals surface area contributed by atoms with Gasteiger partial charge in [0, 0.05) is 6.20 Å². The van der Waals surface area contributed by atoms with Gasteiger partial charge in [-0.2, -0.15) is 0 Å². The second-order valence-corrected chi connectivity index (χ2v) is 2.70. The van der Waals surface area contributed by atoms with Crippen molar-refractivity contribution in [2.24, 2.45) is 11.5 Å². The number of thiazole rings is 1. The Hall–Kier alpha value is -0.940. The molecule has 1 rings (SSSR count).